The lowest BCUT2D eigenvalue weighted by Gasteiger charge is -2.18. The molecule has 1 atom stereocenters. The van der Waals surface area contributed by atoms with Gasteiger partial charge in [0.25, 0.3) is 0 Å². The van der Waals surface area contributed by atoms with Gasteiger partial charge in [0.15, 0.2) is 6.10 Å². The van der Waals surface area contributed by atoms with Gasteiger partial charge in [-0.3, -0.25) is 14.4 Å². The van der Waals surface area contributed by atoms with E-state index < -0.39 is 6.10 Å². The Kier molecular flexibility index (Phi) is 50.2. The SMILES string of the molecule is CCCCCCCCC/C=C\CCCCCCCC(=O)OC[C@@H](COC(=O)CCCCCCCCCCCCCCCC)OC(=O)CCCCCCCCCCCCCCCC. The Morgan fingerprint density at radius 3 is 0.806 bits per heavy atom. The molecule has 0 unspecified atom stereocenters. The van der Waals surface area contributed by atoms with Crippen molar-refractivity contribution in [3.05, 3.63) is 12.2 Å². The van der Waals surface area contributed by atoms with Gasteiger partial charge in [-0.1, -0.05) is 258 Å². The first-order valence-electron chi connectivity index (χ1n) is 27.7. The quantitative estimate of drug-likeness (QED) is 0.0262. The van der Waals surface area contributed by atoms with Crippen molar-refractivity contribution in [1.29, 1.82) is 0 Å². The Bertz CT molecular complexity index is 962. The summed E-state index contributed by atoms with van der Waals surface area (Å²) in [7, 11) is 0. The van der Waals surface area contributed by atoms with E-state index in [1.165, 1.54) is 205 Å². The number of hydrogen-bond donors (Lipinski definition) is 0. The van der Waals surface area contributed by atoms with Gasteiger partial charge in [-0.15, -0.1) is 0 Å². The highest BCUT2D eigenvalue weighted by Crippen LogP contribution is 2.17. The number of hydrogen-bond acceptors (Lipinski definition) is 6. The second kappa shape index (κ2) is 51.8. The van der Waals surface area contributed by atoms with Crippen LogP contribution in [0.5, 0.6) is 0 Å². The minimum absolute atomic E-state index is 0.0668. The second-order valence-corrected chi connectivity index (χ2v) is 18.9. The standard InChI is InChI=1S/C56H106O6/c1-4-7-10-13-16-19-22-25-28-29-32-34-37-40-43-46-49-55(58)61-52-53(62-56(59)50-47-44-41-38-35-31-27-24-21-18-15-12-9-6-3)51-60-54(57)48-45-42-39-36-33-30-26-23-20-17-14-11-8-5-2/h28-29,53H,4-27,30-52H2,1-3H3/b29-28-/t53-/m1/s1. The maximum absolute atomic E-state index is 12.8. The van der Waals surface area contributed by atoms with E-state index in [-0.39, 0.29) is 31.1 Å². The lowest BCUT2D eigenvalue weighted by Crippen LogP contribution is -2.30. The number of ether oxygens (including phenoxy) is 3. The van der Waals surface area contributed by atoms with E-state index in [0.717, 1.165) is 64.2 Å². The first-order chi connectivity index (χ1) is 30.5. The molecule has 0 rings (SSSR count). The average Bonchev–Trinajstić information content (AvgIpc) is 3.27. The van der Waals surface area contributed by atoms with E-state index in [1.807, 2.05) is 0 Å². The Labute approximate surface area is 386 Å². The van der Waals surface area contributed by atoms with E-state index in [0.29, 0.717) is 19.3 Å². The van der Waals surface area contributed by atoms with E-state index >= 15 is 0 Å². The molecule has 0 fully saturated rings. The third kappa shape index (κ3) is 49.2. The molecule has 0 bridgehead atoms. The van der Waals surface area contributed by atoms with Crippen molar-refractivity contribution in [3.63, 3.8) is 0 Å². The van der Waals surface area contributed by atoms with Crippen LogP contribution in [0, 0.1) is 0 Å². The molecule has 6 nitrogen and oxygen atoms in total. The lowest BCUT2D eigenvalue weighted by atomic mass is 10.0. The van der Waals surface area contributed by atoms with Crippen LogP contribution in [-0.4, -0.2) is 37.2 Å². The van der Waals surface area contributed by atoms with Crippen LogP contribution < -0.4 is 0 Å². The van der Waals surface area contributed by atoms with Crippen LogP contribution in [0.4, 0.5) is 0 Å². The minimum atomic E-state index is -0.766. The molecule has 0 saturated carbocycles. The van der Waals surface area contributed by atoms with Crippen molar-refractivity contribution in [3.8, 4) is 0 Å². The van der Waals surface area contributed by atoms with E-state index in [1.54, 1.807) is 0 Å². The Hall–Kier alpha value is -1.85. The van der Waals surface area contributed by atoms with Gasteiger partial charge < -0.3 is 14.2 Å². The Balaban J connectivity index is 4.33. The molecule has 366 valence electrons. The zero-order valence-corrected chi connectivity index (χ0v) is 41.9. The topological polar surface area (TPSA) is 78.9 Å². The monoisotopic (exact) mass is 875 g/mol. The van der Waals surface area contributed by atoms with Gasteiger partial charge in [0.05, 0.1) is 0 Å². The van der Waals surface area contributed by atoms with Crippen molar-refractivity contribution in [2.24, 2.45) is 0 Å². The summed E-state index contributed by atoms with van der Waals surface area (Å²) in [6.45, 7) is 6.68. The second-order valence-electron chi connectivity index (χ2n) is 18.9. The van der Waals surface area contributed by atoms with Crippen molar-refractivity contribution >= 4 is 17.9 Å². The molecule has 0 aromatic rings. The lowest BCUT2D eigenvalue weighted by molar-refractivity contribution is -0.167. The molecule has 6 heteroatoms. The summed E-state index contributed by atoms with van der Waals surface area (Å²) >= 11 is 0. The molecule has 0 aromatic carbocycles. The third-order valence-corrected chi connectivity index (χ3v) is 12.5. The normalized spacial score (nSPS) is 12.0. The van der Waals surface area contributed by atoms with Crippen molar-refractivity contribution < 1.29 is 28.6 Å². The first kappa shape index (κ1) is 60.2. The molecule has 0 spiro atoms. The third-order valence-electron chi connectivity index (χ3n) is 12.5. The summed E-state index contributed by atoms with van der Waals surface area (Å²) in [5.41, 5.74) is 0. The van der Waals surface area contributed by atoms with Gasteiger partial charge >= 0.3 is 17.9 Å². The number of unbranched alkanes of at least 4 members (excludes halogenated alkanes) is 38. The van der Waals surface area contributed by atoms with Gasteiger partial charge in [0.1, 0.15) is 13.2 Å². The Morgan fingerprint density at radius 1 is 0.306 bits per heavy atom. The zero-order valence-electron chi connectivity index (χ0n) is 41.9. The van der Waals surface area contributed by atoms with Crippen molar-refractivity contribution in [1.82, 2.24) is 0 Å². The Morgan fingerprint density at radius 2 is 0.532 bits per heavy atom. The van der Waals surface area contributed by atoms with Gasteiger partial charge in [-0.25, -0.2) is 0 Å². The smallest absolute Gasteiger partial charge is 0.306 e. The molecule has 62 heavy (non-hydrogen) atoms. The number of esters is 3. The van der Waals surface area contributed by atoms with E-state index in [2.05, 4.69) is 32.9 Å². The fraction of sp³-hybridized carbons (Fsp3) is 0.911. The predicted octanol–water partition coefficient (Wildman–Crippen LogP) is 18.2. The van der Waals surface area contributed by atoms with Gasteiger partial charge in [0, 0.05) is 19.3 Å². The van der Waals surface area contributed by atoms with Gasteiger partial charge in [-0.2, -0.15) is 0 Å². The van der Waals surface area contributed by atoms with Crippen LogP contribution >= 0.6 is 0 Å². The van der Waals surface area contributed by atoms with E-state index in [9.17, 15) is 14.4 Å². The highest BCUT2D eigenvalue weighted by atomic mass is 16.6. The van der Waals surface area contributed by atoms with Crippen molar-refractivity contribution in [2.45, 2.75) is 316 Å². The summed E-state index contributed by atoms with van der Waals surface area (Å²) in [6.07, 6.45) is 57.6. The average molecular weight is 875 g/mol. The zero-order chi connectivity index (χ0) is 45.1. The fourth-order valence-electron chi connectivity index (χ4n) is 8.32. The first-order valence-corrected chi connectivity index (χ1v) is 27.7. The number of carbonyl (C=O) groups excluding carboxylic acids is 3. The molecule has 0 amide bonds. The van der Waals surface area contributed by atoms with Gasteiger partial charge in [0.2, 0.25) is 0 Å². The maximum atomic E-state index is 12.8. The van der Waals surface area contributed by atoms with Crippen LogP contribution in [0.1, 0.15) is 310 Å². The fourth-order valence-corrected chi connectivity index (χ4v) is 8.32. The minimum Gasteiger partial charge on any atom is -0.462 e. The summed E-state index contributed by atoms with van der Waals surface area (Å²) in [5.74, 6) is -0.854. The summed E-state index contributed by atoms with van der Waals surface area (Å²) in [5, 5.41) is 0. The largest absolute Gasteiger partial charge is 0.462 e. The molecule has 0 saturated heterocycles. The van der Waals surface area contributed by atoms with Crippen LogP contribution in [0.3, 0.4) is 0 Å². The summed E-state index contributed by atoms with van der Waals surface area (Å²) in [4.78, 5) is 38.0. The van der Waals surface area contributed by atoms with Crippen LogP contribution in [0.15, 0.2) is 12.2 Å². The molecule has 0 aliphatic carbocycles. The molecular weight excluding hydrogens is 769 g/mol. The number of allylic oxidation sites excluding steroid dienone is 2. The number of rotatable bonds is 51. The summed E-state index contributed by atoms with van der Waals surface area (Å²) < 4.78 is 16.8. The molecule has 0 aliphatic rings. The van der Waals surface area contributed by atoms with E-state index in [4.69, 9.17) is 14.2 Å². The molecule has 0 heterocycles. The van der Waals surface area contributed by atoms with Crippen LogP contribution in [0.25, 0.3) is 0 Å². The van der Waals surface area contributed by atoms with Gasteiger partial charge in [-0.05, 0) is 44.9 Å². The highest BCUT2D eigenvalue weighted by Gasteiger charge is 2.19. The molecule has 0 aliphatic heterocycles. The predicted molar refractivity (Wildman–Crippen MR) is 266 cm³/mol. The molecule has 0 radical (unpaired) electrons. The maximum Gasteiger partial charge on any atom is 0.306 e. The molecular formula is C56H106O6. The summed E-state index contributed by atoms with van der Waals surface area (Å²) in [6, 6.07) is 0. The van der Waals surface area contributed by atoms with Crippen molar-refractivity contribution in [2.75, 3.05) is 13.2 Å². The number of carbonyl (C=O) groups is 3. The van der Waals surface area contributed by atoms with Crippen LogP contribution in [0.2, 0.25) is 0 Å². The molecule has 0 N–H and O–H groups in total. The highest BCUT2D eigenvalue weighted by molar-refractivity contribution is 5.71. The van der Waals surface area contributed by atoms with Crippen LogP contribution in [-0.2, 0) is 28.6 Å². The molecule has 0 aromatic heterocycles.